The topological polar surface area (TPSA) is 127 Å². The number of ether oxygens (including phenoxy) is 1. The average molecular weight is 721 g/mol. The Hall–Kier alpha value is -4.46. The van der Waals surface area contributed by atoms with E-state index in [1.807, 2.05) is 55.1 Å². The van der Waals surface area contributed by atoms with Crippen LogP contribution in [0.25, 0.3) is 22.2 Å². The van der Waals surface area contributed by atoms with E-state index in [1.165, 1.54) is 30.6 Å². The average Bonchev–Trinajstić information content (AvgIpc) is 3.56. The largest absolute Gasteiger partial charge is 0.487 e. The van der Waals surface area contributed by atoms with Crippen molar-refractivity contribution in [2.24, 2.45) is 0 Å². The van der Waals surface area contributed by atoms with E-state index < -0.39 is 10.1 Å². The number of nitrogens with one attached hydrogen (secondary N) is 2. The number of hydrogen-bond acceptors (Lipinski definition) is 9. The Morgan fingerprint density at radius 2 is 1.80 bits per heavy atom. The highest BCUT2D eigenvalue weighted by molar-refractivity contribution is 7.98. The second-order valence-corrected chi connectivity index (χ2v) is 13.7. The summed E-state index contributed by atoms with van der Waals surface area (Å²) in [6.07, 6.45) is 3.61. The van der Waals surface area contributed by atoms with Gasteiger partial charge in [-0.05, 0) is 91.5 Å². The van der Waals surface area contributed by atoms with Crippen LogP contribution in [0, 0.1) is 12.7 Å². The van der Waals surface area contributed by atoms with Gasteiger partial charge in [-0.25, -0.2) is 14.4 Å². The van der Waals surface area contributed by atoms with Gasteiger partial charge in [0.2, 0.25) is 0 Å². The Labute approximate surface area is 293 Å². The molecule has 9 nitrogen and oxygen atoms in total. The van der Waals surface area contributed by atoms with Crippen LogP contribution in [0.3, 0.4) is 0 Å². The number of aryl methyl sites for hydroxylation is 1. The molecule has 49 heavy (non-hydrogen) atoms. The first-order chi connectivity index (χ1) is 23.6. The standard InChI is InChI=1S/C29H26ClFN4O2S.C7H8O3S/c1-38-12-11-32-16-23-7-10-27(37-23)20-5-8-26-24(14-20)29(34-18-33-26)35-22-6-9-28(25(30)15-22)36-17-19-3-2-4-21(31)13-19;1-6-2-4-7(5-3-6)11(8,9)10/h2-10,13-15,18,32H,11-12,16-17H2,1H3,(H,33,34,35);2-5H,1H3,(H,8,9,10). The van der Waals surface area contributed by atoms with Crippen LogP contribution in [-0.4, -0.2) is 41.5 Å². The van der Waals surface area contributed by atoms with Crippen LogP contribution in [0.4, 0.5) is 15.9 Å². The molecule has 6 rings (SSSR count). The van der Waals surface area contributed by atoms with E-state index in [-0.39, 0.29) is 17.3 Å². The van der Waals surface area contributed by atoms with Crippen molar-refractivity contribution in [3.05, 3.63) is 131 Å². The van der Waals surface area contributed by atoms with Crippen LogP contribution in [0.1, 0.15) is 16.9 Å². The SMILES string of the molecule is CSCCNCc1ccc(-c2ccc3ncnc(Nc4ccc(OCc5cccc(F)c5)c(Cl)c4)c3c2)o1.Cc1ccc(S(=O)(=O)O)cc1. The highest BCUT2D eigenvalue weighted by Gasteiger charge is 2.12. The summed E-state index contributed by atoms with van der Waals surface area (Å²) in [5.41, 5.74) is 4.16. The lowest BCUT2D eigenvalue weighted by molar-refractivity contribution is 0.306. The third-order valence-corrected chi connectivity index (χ3v) is 8.94. The zero-order valence-electron chi connectivity index (χ0n) is 26.7. The van der Waals surface area contributed by atoms with E-state index in [0.717, 1.165) is 57.1 Å². The van der Waals surface area contributed by atoms with Crippen molar-refractivity contribution >= 4 is 55.9 Å². The number of fused-ring (bicyclic) bond motifs is 1. The van der Waals surface area contributed by atoms with Crippen molar-refractivity contribution < 1.29 is 26.5 Å². The summed E-state index contributed by atoms with van der Waals surface area (Å²) < 4.78 is 54.8. The van der Waals surface area contributed by atoms with Gasteiger partial charge >= 0.3 is 0 Å². The summed E-state index contributed by atoms with van der Waals surface area (Å²) in [6, 6.07) is 27.6. The van der Waals surface area contributed by atoms with Crippen molar-refractivity contribution in [3.63, 3.8) is 0 Å². The third-order valence-electron chi connectivity index (χ3n) is 7.16. The number of thioether (sulfide) groups is 1. The molecule has 254 valence electrons. The van der Waals surface area contributed by atoms with E-state index in [9.17, 15) is 12.8 Å². The molecule has 0 fully saturated rings. The molecule has 0 aliphatic heterocycles. The fraction of sp³-hybridized carbons (Fsp3) is 0.167. The normalized spacial score (nSPS) is 11.2. The number of nitrogens with zero attached hydrogens (tertiary/aromatic N) is 2. The van der Waals surface area contributed by atoms with E-state index in [4.69, 9.17) is 25.3 Å². The van der Waals surface area contributed by atoms with Crippen molar-refractivity contribution in [3.8, 4) is 17.1 Å². The van der Waals surface area contributed by atoms with Gasteiger partial charge in [0.25, 0.3) is 10.1 Å². The van der Waals surface area contributed by atoms with Crippen LogP contribution in [0.5, 0.6) is 5.75 Å². The molecule has 0 bridgehead atoms. The summed E-state index contributed by atoms with van der Waals surface area (Å²) in [4.78, 5) is 8.80. The monoisotopic (exact) mass is 720 g/mol. The molecule has 0 aliphatic rings. The van der Waals surface area contributed by atoms with Crippen LogP contribution in [-0.2, 0) is 23.3 Å². The molecule has 0 unspecified atom stereocenters. The van der Waals surface area contributed by atoms with Crippen LogP contribution < -0.4 is 15.4 Å². The van der Waals surface area contributed by atoms with E-state index in [1.54, 1.807) is 36.4 Å². The Morgan fingerprint density at radius 3 is 2.53 bits per heavy atom. The predicted octanol–water partition coefficient (Wildman–Crippen LogP) is 8.70. The quantitative estimate of drug-likeness (QED) is 0.0835. The van der Waals surface area contributed by atoms with Crippen molar-refractivity contribution in [1.29, 1.82) is 0 Å². The van der Waals surface area contributed by atoms with Gasteiger partial charge in [0, 0.05) is 28.9 Å². The van der Waals surface area contributed by atoms with Crippen LogP contribution in [0.15, 0.2) is 113 Å². The fourth-order valence-corrected chi connectivity index (χ4v) is 5.72. The first kappa shape index (κ1) is 35.8. The minimum absolute atomic E-state index is 0.0666. The number of anilines is 2. The summed E-state index contributed by atoms with van der Waals surface area (Å²) in [7, 11) is -4.02. The Bertz CT molecular complexity index is 2130. The molecule has 3 N–H and O–H groups in total. The zero-order chi connectivity index (χ0) is 34.8. The van der Waals surface area contributed by atoms with Gasteiger partial charge < -0.3 is 19.8 Å². The fourth-order valence-electron chi connectivity index (χ4n) is 4.65. The summed E-state index contributed by atoms with van der Waals surface area (Å²) in [5.74, 6) is 3.58. The Kier molecular flexibility index (Phi) is 12.3. The molecule has 0 saturated carbocycles. The van der Waals surface area contributed by atoms with Gasteiger partial charge in [0.15, 0.2) is 0 Å². The van der Waals surface area contributed by atoms with E-state index in [2.05, 4.69) is 26.9 Å². The number of halogens is 2. The molecule has 0 aliphatic carbocycles. The molecule has 0 atom stereocenters. The molecule has 6 aromatic rings. The smallest absolute Gasteiger partial charge is 0.294 e. The number of benzene rings is 4. The molecule has 13 heteroatoms. The van der Waals surface area contributed by atoms with Gasteiger partial charge in [0.05, 0.1) is 22.0 Å². The van der Waals surface area contributed by atoms with Crippen molar-refractivity contribution in [1.82, 2.24) is 15.3 Å². The van der Waals surface area contributed by atoms with Gasteiger partial charge in [-0.3, -0.25) is 4.55 Å². The summed E-state index contributed by atoms with van der Waals surface area (Å²) >= 11 is 8.29. The predicted molar refractivity (Wildman–Crippen MR) is 194 cm³/mol. The van der Waals surface area contributed by atoms with Gasteiger partial charge in [-0.2, -0.15) is 20.2 Å². The maximum absolute atomic E-state index is 13.4. The molecule has 4 aromatic carbocycles. The molecular formula is C36H34ClFN4O5S2. The second-order valence-electron chi connectivity index (χ2n) is 10.9. The second kappa shape index (κ2) is 16.8. The lowest BCUT2D eigenvalue weighted by Crippen LogP contribution is -2.15. The zero-order valence-corrected chi connectivity index (χ0v) is 29.1. The molecular weight excluding hydrogens is 687 g/mol. The number of aromatic nitrogens is 2. The third kappa shape index (κ3) is 10.3. The highest BCUT2D eigenvalue weighted by atomic mass is 35.5. The minimum Gasteiger partial charge on any atom is -0.487 e. The summed E-state index contributed by atoms with van der Waals surface area (Å²) in [5, 5.41) is 8.00. The minimum atomic E-state index is -4.02. The molecule has 0 amide bonds. The molecule has 2 aromatic heterocycles. The maximum atomic E-state index is 13.4. The van der Waals surface area contributed by atoms with Crippen LogP contribution >= 0.6 is 23.4 Å². The Balaban J connectivity index is 0.000000363. The van der Waals surface area contributed by atoms with Gasteiger partial charge in [-0.1, -0.05) is 41.4 Å². The highest BCUT2D eigenvalue weighted by Crippen LogP contribution is 2.33. The van der Waals surface area contributed by atoms with Crippen molar-refractivity contribution in [2.75, 3.05) is 23.9 Å². The number of rotatable bonds is 12. The van der Waals surface area contributed by atoms with Gasteiger partial charge in [0.1, 0.15) is 41.8 Å². The van der Waals surface area contributed by atoms with E-state index in [0.29, 0.717) is 23.1 Å². The molecule has 2 heterocycles. The first-order valence-corrected chi connectivity index (χ1v) is 18.3. The molecule has 0 spiro atoms. The lowest BCUT2D eigenvalue weighted by Gasteiger charge is -2.12. The van der Waals surface area contributed by atoms with Gasteiger partial charge in [-0.15, -0.1) is 0 Å². The van der Waals surface area contributed by atoms with Crippen molar-refractivity contribution in [2.45, 2.75) is 25.0 Å². The first-order valence-electron chi connectivity index (χ1n) is 15.1. The lowest BCUT2D eigenvalue weighted by atomic mass is 10.1. The molecule has 0 saturated heterocycles. The maximum Gasteiger partial charge on any atom is 0.294 e. The van der Waals surface area contributed by atoms with E-state index >= 15 is 0 Å². The number of furan rings is 1. The summed E-state index contributed by atoms with van der Waals surface area (Å²) in [6.45, 7) is 3.68. The van der Waals surface area contributed by atoms with Crippen LogP contribution in [0.2, 0.25) is 5.02 Å². The molecule has 0 radical (unpaired) electrons. The number of hydrogen-bond donors (Lipinski definition) is 3. The Morgan fingerprint density at radius 1 is 0.980 bits per heavy atom.